The van der Waals surface area contributed by atoms with Gasteiger partial charge in [0, 0.05) is 37.5 Å². The molecule has 1 aromatic carbocycles. The topological polar surface area (TPSA) is 99.7 Å². The maximum atomic E-state index is 12.4. The second-order valence-corrected chi connectivity index (χ2v) is 10.2. The highest BCUT2D eigenvalue weighted by Gasteiger charge is 2.21. The number of carbonyl (C=O) groups excluding carboxylic acids is 1. The van der Waals surface area contributed by atoms with Crippen molar-refractivity contribution in [1.82, 2.24) is 10.6 Å². The van der Waals surface area contributed by atoms with Crippen LogP contribution in [0.25, 0.3) is 0 Å². The van der Waals surface area contributed by atoms with Gasteiger partial charge in [0.05, 0.1) is 5.75 Å². The zero-order valence-electron chi connectivity index (χ0n) is 17.7. The fraction of sp³-hybridized carbons (Fsp3) is 0.619. The minimum atomic E-state index is -2.97. The molecule has 7 nitrogen and oxygen atoms in total. The number of carbonyl (C=O) groups is 1. The molecule has 1 aliphatic carbocycles. The molecule has 0 spiro atoms. The quantitative estimate of drug-likeness (QED) is 0.442. The Morgan fingerprint density at radius 2 is 1.97 bits per heavy atom. The van der Waals surface area contributed by atoms with E-state index >= 15 is 0 Å². The molecule has 0 bridgehead atoms. The van der Waals surface area contributed by atoms with Gasteiger partial charge in [-0.25, -0.2) is 8.42 Å². The van der Waals surface area contributed by atoms with Crippen LogP contribution in [0.2, 0.25) is 0 Å². The fourth-order valence-corrected chi connectivity index (χ4v) is 4.23. The van der Waals surface area contributed by atoms with Crippen molar-refractivity contribution >= 4 is 27.4 Å². The molecule has 3 N–H and O–H groups in total. The third-order valence-corrected chi connectivity index (χ3v) is 6.14. The van der Waals surface area contributed by atoms with E-state index in [1.54, 1.807) is 7.05 Å². The molecule has 0 radical (unpaired) electrons. The van der Waals surface area contributed by atoms with Gasteiger partial charge in [0.15, 0.2) is 5.96 Å². The number of guanidine groups is 1. The lowest BCUT2D eigenvalue weighted by atomic mass is 9.88. The summed E-state index contributed by atoms with van der Waals surface area (Å²) in [5.74, 6) is 0.998. The van der Waals surface area contributed by atoms with Crippen LogP contribution < -0.4 is 16.0 Å². The first-order valence-corrected chi connectivity index (χ1v) is 12.4. The molecule has 1 aliphatic rings. The summed E-state index contributed by atoms with van der Waals surface area (Å²) >= 11 is 0. The molecular formula is C21H34N4O3S. The Morgan fingerprint density at radius 1 is 1.24 bits per heavy atom. The second kappa shape index (κ2) is 11.2. The van der Waals surface area contributed by atoms with Crippen molar-refractivity contribution < 1.29 is 13.2 Å². The lowest BCUT2D eigenvalue weighted by Crippen LogP contribution is -2.42. The van der Waals surface area contributed by atoms with Gasteiger partial charge in [-0.3, -0.25) is 9.79 Å². The Balaban J connectivity index is 1.84. The summed E-state index contributed by atoms with van der Waals surface area (Å²) in [6.07, 6.45) is 7.22. The monoisotopic (exact) mass is 422 g/mol. The third-order valence-electron chi connectivity index (χ3n) is 5.16. The Kier molecular flexibility index (Phi) is 8.95. The van der Waals surface area contributed by atoms with E-state index in [4.69, 9.17) is 0 Å². The predicted molar refractivity (Wildman–Crippen MR) is 119 cm³/mol. The second-order valence-electron chi connectivity index (χ2n) is 7.91. The van der Waals surface area contributed by atoms with Crippen LogP contribution in [0.15, 0.2) is 29.3 Å². The van der Waals surface area contributed by atoms with E-state index in [1.165, 1.54) is 12.7 Å². The number of amides is 1. The van der Waals surface area contributed by atoms with Crippen LogP contribution >= 0.6 is 0 Å². The van der Waals surface area contributed by atoms with Gasteiger partial charge in [-0.05, 0) is 43.9 Å². The molecule has 29 heavy (non-hydrogen) atoms. The van der Waals surface area contributed by atoms with Crippen LogP contribution in [0, 0.1) is 5.92 Å². The molecule has 1 unspecified atom stereocenters. The molecular weight excluding hydrogens is 388 g/mol. The van der Waals surface area contributed by atoms with Gasteiger partial charge in [-0.15, -0.1) is 0 Å². The van der Waals surface area contributed by atoms with Gasteiger partial charge in [-0.2, -0.15) is 0 Å². The number of hydrogen-bond donors (Lipinski definition) is 3. The summed E-state index contributed by atoms with van der Waals surface area (Å²) in [5, 5.41) is 9.49. The van der Waals surface area contributed by atoms with Crippen molar-refractivity contribution in [3.8, 4) is 0 Å². The Hall–Kier alpha value is -2.09. The summed E-state index contributed by atoms with van der Waals surface area (Å²) in [5.41, 5.74) is 1.84. The van der Waals surface area contributed by atoms with Crippen molar-refractivity contribution in [2.24, 2.45) is 10.9 Å². The number of sulfone groups is 1. The number of anilines is 1. The highest BCUT2D eigenvalue weighted by molar-refractivity contribution is 7.90. The van der Waals surface area contributed by atoms with Crippen LogP contribution in [0.5, 0.6) is 0 Å². The Bertz CT molecular complexity index is 802. The fourth-order valence-electron chi connectivity index (χ4n) is 3.44. The Labute approximate surface area is 174 Å². The van der Waals surface area contributed by atoms with E-state index in [9.17, 15) is 13.2 Å². The molecule has 2 rings (SSSR count). The zero-order valence-corrected chi connectivity index (χ0v) is 18.5. The van der Waals surface area contributed by atoms with Gasteiger partial charge >= 0.3 is 0 Å². The van der Waals surface area contributed by atoms with Gasteiger partial charge < -0.3 is 16.0 Å². The van der Waals surface area contributed by atoms with Crippen molar-refractivity contribution in [3.05, 3.63) is 29.8 Å². The van der Waals surface area contributed by atoms with E-state index in [1.807, 2.05) is 31.2 Å². The molecule has 0 saturated heterocycles. The van der Waals surface area contributed by atoms with E-state index in [0.717, 1.165) is 36.9 Å². The molecule has 0 heterocycles. The summed E-state index contributed by atoms with van der Waals surface area (Å²) < 4.78 is 22.6. The molecule has 1 saturated carbocycles. The van der Waals surface area contributed by atoms with Gasteiger partial charge in [0.2, 0.25) is 5.91 Å². The summed E-state index contributed by atoms with van der Waals surface area (Å²) in [6.45, 7) is 2.48. The number of nitrogens with zero attached hydrogens (tertiary/aromatic N) is 1. The van der Waals surface area contributed by atoms with Gasteiger partial charge in [0.1, 0.15) is 9.84 Å². The number of nitrogens with one attached hydrogen (secondary N) is 3. The molecule has 1 aromatic rings. The van der Waals surface area contributed by atoms with Crippen LogP contribution in [-0.2, 0) is 21.2 Å². The first-order chi connectivity index (χ1) is 13.8. The number of aliphatic imine (C=N–C) groups is 1. The highest BCUT2D eigenvalue weighted by Crippen LogP contribution is 2.25. The maximum absolute atomic E-state index is 12.4. The van der Waals surface area contributed by atoms with Crippen LogP contribution in [-0.4, -0.2) is 45.4 Å². The highest BCUT2D eigenvalue weighted by atomic mass is 32.2. The lowest BCUT2D eigenvalue weighted by molar-refractivity contribution is -0.120. The molecule has 0 aliphatic heterocycles. The smallest absolute Gasteiger partial charge is 0.227 e. The standard InChI is InChI=1S/C21H34N4O3S/c1-16(12-13-29(3,27)28)24-21(22-2)23-15-17-8-7-11-19(14-17)25-20(26)18-9-5-4-6-10-18/h7-8,11,14,16,18H,4-6,9-10,12-13,15H2,1-3H3,(H,25,26)(H2,22,23,24). The summed E-state index contributed by atoms with van der Waals surface area (Å²) in [4.78, 5) is 16.6. The van der Waals surface area contributed by atoms with Crippen molar-refractivity contribution in [3.63, 3.8) is 0 Å². The van der Waals surface area contributed by atoms with E-state index in [-0.39, 0.29) is 23.6 Å². The zero-order chi connectivity index (χ0) is 21.3. The molecule has 0 aromatic heterocycles. The maximum Gasteiger partial charge on any atom is 0.227 e. The Morgan fingerprint density at radius 3 is 2.62 bits per heavy atom. The normalized spacial score (nSPS) is 16.9. The van der Waals surface area contributed by atoms with Crippen LogP contribution in [0.1, 0.15) is 51.0 Å². The molecule has 162 valence electrons. The van der Waals surface area contributed by atoms with E-state index in [0.29, 0.717) is 18.9 Å². The average molecular weight is 423 g/mol. The summed E-state index contributed by atoms with van der Waals surface area (Å²) in [7, 11) is -1.29. The molecule has 1 fully saturated rings. The molecule has 1 atom stereocenters. The number of benzene rings is 1. The van der Waals surface area contributed by atoms with E-state index < -0.39 is 9.84 Å². The van der Waals surface area contributed by atoms with Crippen molar-refractivity contribution in [1.29, 1.82) is 0 Å². The van der Waals surface area contributed by atoms with E-state index in [2.05, 4.69) is 20.9 Å². The largest absolute Gasteiger partial charge is 0.354 e. The van der Waals surface area contributed by atoms with Crippen molar-refractivity contribution in [2.75, 3.05) is 24.4 Å². The minimum absolute atomic E-state index is 0.0166. The molecule has 8 heteroatoms. The van der Waals surface area contributed by atoms with Gasteiger partial charge in [0.25, 0.3) is 0 Å². The minimum Gasteiger partial charge on any atom is -0.354 e. The van der Waals surface area contributed by atoms with Crippen molar-refractivity contribution in [2.45, 2.75) is 58.0 Å². The van der Waals surface area contributed by atoms with Crippen LogP contribution in [0.4, 0.5) is 5.69 Å². The average Bonchev–Trinajstić information content (AvgIpc) is 2.70. The van der Waals surface area contributed by atoms with Crippen LogP contribution in [0.3, 0.4) is 0 Å². The third kappa shape index (κ3) is 8.85. The first kappa shape index (κ1) is 23.2. The number of rotatable bonds is 8. The lowest BCUT2D eigenvalue weighted by Gasteiger charge is -2.21. The molecule has 1 amide bonds. The van der Waals surface area contributed by atoms with Gasteiger partial charge in [-0.1, -0.05) is 31.4 Å². The summed E-state index contributed by atoms with van der Waals surface area (Å²) in [6, 6.07) is 7.78. The predicted octanol–water partition coefficient (Wildman–Crippen LogP) is 2.69. The first-order valence-electron chi connectivity index (χ1n) is 10.3. The number of hydrogen-bond acceptors (Lipinski definition) is 4. The SMILES string of the molecule is CN=C(NCc1cccc(NC(=O)C2CCCCC2)c1)NC(C)CCS(C)(=O)=O.